The van der Waals surface area contributed by atoms with Crippen molar-refractivity contribution in [2.24, 2.45) is 0 Å². The van der Waals surface area contributed by atoms with E-state index in [1.54, 1.807) is 36.4 Å². The molecule has 17 heavy (non-hydrogen) atoms. The number of aromatic hydroxyl groups is 1. The van der Waals surface area contributed by atoms with Crippen LogP contribution < -0.4 is 5.32 Å². The summed E-state index contributed by atoms with van der Waals surface area (Å²) in [6.45, 7) is 0.545. The molecule has 2 aromatic rings. The molecule has 0 unspecified atom stereocenters. The molecule has 2 aromatic carbocycles. The van der Waals surface area contributed by atoms with Crippen molar-refractivity contribution in [1.29, 1.82) is 0 Å². The van der Waals surface area contributed by atoms with E-state index < -0.39 is 0 Å². The third-order valence-electron chi connectivity index (χ3n) is 2.40. The SMILES string of the molecule is Oc1ccc(NCc2c(Cl)cccc2Cl)cc1. The summed E-state index contributed by atoms with van der Waals surface area (Å²) in [5, 5.41) is 13.6. The summed E-state index contributed by atoms with van der Waals surface area (Å²) in [6, 6.07) is 12.3. The molecule has 0 aliphatic rings. The maximum atomic E-state index is 9.16. The van der Waals surface area contributed by atoms with Crippen LogP contribution in [0.4, 0.5) is 5.69 Å². The average molecular weight is 268 g/mol. The second-order valence-electron chi connectivity index (χ2n) is 3.60. The monoisotopic (exact) mass is 267 g/mol. The van der Waals surface area contributed by atoms with Crippen LogP contribution in [-0.2, 0) is 6.54 Å². The summed E-state index contributed by atoms with van der Waals surface area (Å²) in [7, 11) is 0. The van der Waals surface area contributed by atoms with Crippen LogP contribution in [0.25, 0.3) is 0 Å². The first-order chi connectivity index (χ1) is 8.16. The number of nitrogens with one attached hydrogen (secondary N) is 1. The van der Waals surface area contributed by atoms with Crippen LogP contribution >= 0.6 is 23.2 Å². The highest BCUT2D eigenvalue weighted by Crippen LogP contribution is 2.25. The average Bonchev–Trinajstić information content (AvgIpc) is 2.31. The third kappa shape index (κ3) is 3.05. The molecule has 2 rings (SSSR count). The molecule has 0 bridgehead atoms. The Balaban J connectivity index is 2.10. The van der Waals surface area contributed by atoms with Crippen molar-refractivity contribution in [3.05, 3.63) is 58.1 Å². The standard InChI is InChI=1S/C13H11Cl2NO/c14-12-2-1-3-13(15)11(12)8-16-9-4-6-10(17)7-5-9/h1-7,16-17H,8H2. The maximum Gasteiger partial charge on any atom is 0.115 e. The van der Waals surface area contributed by atoms with Crippen molar-refractivity contribution < 1.29 is 5.11 Å². The van der Waals surface area contributed by atoms with Crippen LogP contribution in [0.15, 0.2) is 42.5 Å². The fourth-order valence-electron chi connectivity index (χ4n) is 1.47. The Morgan fingerprint density at radius 3 is 2.12 bits per heavy atom. The van der Waals surface area contributed by atoms with E-state index in [2.05, 4.69) is 5.32 Å². The Morgan fingerprint density at radius 1 is 0.941 bits per heavy atom. The van der Waals surface area contributed by atoms with Gasteiger partial charge in [0.05, 0.1) is 0 Å². The van der Waals surface area contributed by atoms with E-state index in [0.717, 1.165) is 11.3 Å². The van der Waals surface area contributed by atoms with Gasteiger partial charge in [-0.3, -0.25) is 0 Å². The summed E-state index contributed by atoms with van der Waals surface area (Å²) < 4.78 is 0. The summed E-state index contributed by atoms with van der Waals surface area (Å²) >= 11 is 12.1. The second kappa shape index (κ2) is 5.30. The number of anilines is 1. The van der Waals surface area contributed by atoms with Crippen LogP contribution in [0.3, 0.4) is 0 Å². The quantitative estimate of drug-likeness (QED) is 0.813. The molecular formula is C13H11Cl2NO. The first-order valence-corrected chi connectivity index (χ1v) is 5.88. The predicted molar refractivity (Wildman–Crippen MR) is 71.9 cm³/mol. The minimum Gasteiger partial charge on any atom is -0.508 e. The zero-order valence-electron chi connectivity index (χ0n) is 8.95. The minimum atomic E-state index is 0.242. The van der Waals surface area contributed by atoms with E-state index in [0.29, 0.717) is 16.6 Å². The summed E-state index contributed by atoms with van der Waals surface area (Å²) in [6.07, 6.45) is 0. The van der Waals surface area contributed by atoms with Crippen molar-refractivity contribution in [2.45, 2.75) is 6.54 Å². The van der Waals surface area contributed by atoms with Gasteiger partial charge in [-0.2, -0.15) is 0 Å². The number of benzene rings is 2. The van der Waals surface area contributed by atoms with Crippen LogP contribution in [0.1, 0.15) is 5.56 Å². The molecule has 0 spiro atoms. The summed E-state index contributed by atoms with van der Waals surface area (Å²) in [5.74, 6) is 0.242. The molecule has 0 aromatic heterocycles. The third-order valence-corrected chi connectivity index (χ3v) is 3.11. The van der Waals surface area contributed by atoms with E-state index in [-0.39, 0.29) is 5.75 Å². The molecule has 0 saturated heterocycles. The lowest BCUT2D eigenvalue weighted by atomic mass is 10.2. The molecule has 0 atom stereocenters. The molecule has 0 radical (unpaired) electrons. The first-order valence-electron chi connectivity index (χ1n) is 5.12. The number of hydrogen-bond donors (Lipinski definition) is 2. The molecule has 0 fully saturated rings. The van der Waals surface area contributed by atoms with Gasteiger partial charge in [0.15, 0.2) is 0 Å². The fraction of sp³-hybridized carbons (Fsp3) is 0.0769. The Kier molecular flexibility index (Phi) is 3.77. The van der Waals surface area contributed by atoms with E-state index in [1.165, 1.54) is 0 Å². The fourth-order valence-corrected chi connectivity index (χ4v) is 2.00. The van der Waals surface area contributed by atoms with E-state index in [1.807, 2.05) is 6.07 Å². The van der Waals surface area contributed by atoms with Crippen LogP contribution in [0, 0.1) is 0 Å². The molecule has 0 saturated carbocycles. The summed E-state index contributed by atoms with van der Waals surface area (Å²) in [4.78, 5) is 0. The van der Waals surface area contributed by atoms with Crippen molar-refractivity contribution in [3.8, 4) is 5.75 Å². The highest BCUT2D eigenvalue weighted by atomic mass is 35.5. The molecule has 2 N–H and O–H groups in total. The van der Waals surface area contributed by atoms with Gasteiger partial charge in [0.1, 0.15) is 5.75 Å². The Morgan fingerprint density at radius 2 is 1.53 bits per heavy atom. The van der Waals surface area contributed by atoms with Crippen LogP contribution in [0.5, 0.6) is 5.75 Å². The highest BCUT2D eigenvalue weighted by Gasteiger charge is 2.04. The molecule has 4 heteroatoms. The van der Waals surface area contributed by atoms with Crippen molar-refractivity contribution >= 4 is 28.9 Å². The number of phenols is 1. The number of rotatable bonds is 3. The molecule has 0 aliphatic heterocycles. The zero-order chi connectivity index (χ0) is 12.3. The molecule has 2 nitrogen and oxygen atoms in total. The number of halogens is 2. The molecule has 0 aliphatic carbocycles. The van der Waals surface area contributed by atoms with Gasteiger partial charge in [0, 0.05) is 27.8 Å². The number of hydrogen-bond acceptors (Lipinski definition) is 2. The maximum absolute atomic E-state index is 9.16. The zero-order valence-corrected chi connectivity index (χ0v) is 10.5. The van der Waals surface area contributed by atoms with Gasteiger partial charge < -0.3 is 10.4 Å². The molecular weight excluding hydrogens is 257 g/mol. The van der Waals surface area contributed by atoms with Gasteiger partial charge in [0.25, 0.3) is 0 Å². The highest BCUT2D eigenvalue weighted by molar-refractivity contribution is 6.36. The van der Waals surface area contributed by atoms with Crippen LogP contribution in [0.2, 0.25) is 10.0 Å². The van der Waals surface area contributed by atoms with Crippen molar-refractivity contribution in [3.63, 3.8) is 0 Å². The summed E-state index contributed by atoms with van der Waals surface area (Å²) in [5.41, 5.74) is 1.77. The Bertz CT molecular complexity index is 491. The van der Waals surface area contributed by atoms with Crippen molar-refractivity contribution in [1.82, 2.24) is 0 Å². The minimum absolute atomic E-state index is 0.242. The van der Waals surface area contributed by atoms with Gasteiger partial charge >= 0.3 is 0 Å². The van der Waals surface area contributed by atoms with Gasteiger partial charge in [-0.15, -0.1) is 0 Å². The van der Waals surface area contributed by atoms with Gasteiger partial charge in [0.2, 0.25) is 0 Å². The van der Waals surface area contributed by atoms with Gasteiger partial charge in [-0.1, -0.05) is 29.3 Å². The predicted octanol–water partition coefficient (Wildman–Crippen LogP) is 4.31. The Labute approximate surface area is 110 Å². The smallest absolute Gasteiger partial charge is 0.115 e. The second-order valence-corrected chi connectivity index (χ2v) is 4.42. The van der Waals surface area contributed by atoms with E-state index in [9.17, 15) is 0 Å². The van der Waals surface area contributed by atoms with Gasteiger partial charge in [-0.05, 0) is 36.4 Å². The topological polar surface area (TPSA) is 32.3 Å². The normalized spacial score (nSPS) is 10.2. The lowest BCUT2D eigenvalue weighted by molar-refractivity contribution is 0.475. The molecule has 0 heterocycles. The van der Waals surface area contributed by atoms with E-state index >= 15 is 0 Å². The lowest BCUT2D eigenvalue weighted by Crippen LogP contribution is -2.00. The molecule has 88 valence electrons. The van der Waals surface area contributed by atoms with Crippen LogP contribution in [-0.4, -0.2) is 5.11 Å². The van der Waals surface area contributed by atoms with Gasteiger partial charge in [-0.25, -0.2) is 0 Å². The van der Waals surface area contributed by atoms with E-state index in [4.69, 9.17) is 28.3 Å². The first kappa shape index (κ1) is 12.1. The lowest BCUT2D eigenvalue weighted by Gasteiger charge is -2.09. The number of phenolic OH excluding ortho intramolecular Hbond substituents is 1. The molecule has 0 amide bonds. The Hall–Kier alpha value is -1.38. The largest absolute Gasteiger partial charge is 0.508 e. The van der Waals surface area contributed by atoms with Crippen molar-refractivity contribution in [2.75, 3.05) is 5.32 Å².